The third-order valence-corrected chi connectivity index (χ3v) is 3.98. The third-order valence-electron chi connectivity index (χ3n) is 3.98. The van der Waals surface area contributed by atoms with E-state index in [9.17, 15) is 18.3 Å². The molecule has 2 N–H and O–H groups in total. The number of hydrogen-bond donors (Lipinski definition) is 2. The van der Waals surface area contributed by atoms with Crippen LogP contribution in [0, 0.1) is 0 Å². The molecule has 24 heavy (non-hydrogen) atoms. The summed E-state index contributed by atoms with van der Waals surface area (Å²) in [6.07, 6.45) is -1.91. The lowest BCUT2D eigenvalue weighted by atomic mass is 9.90. The average Bonchev–Trinajstić information content (AvgIpc) is 3.01. The normalized spacial score (nSPS) is 22.5. The van der Waals surface area contributed by atoms with Crippen molar-refractivity contribution < 1.29 is 23.0 Å². The van der Waals surface area contributed by atoms with Gasteiger partial charge < -0.3 is 9.84 Å². The first-order valence-corrected chi connectivity index (χ1v) is 7.50. The monoisotopic (exact) mass is 342 g/mol. The van der Waals surface area contributed by atoms with E-state index in [2.05, 4.69) is 20.1 Å². The second-order valence-electron chi connectivity index (χ2n) is 5.90. The molecule has 1 aromatic carbocycles. The fraction of sp³-hybridized carbons (Fsp3) is 0.467. The maximum atomic E-state index is 12.3. The Morgan fingerprint density at radius 3 is 2.92 bits per heavy atom. The Balaban J connectivity index is 1.69. The maximum Gasteiger partial charge on any atom is 0.573 e. The number of ether oxygens (including phenoxy) is 1. The van der Waals surface area contributed by atoms with Gasteiger partial charge in [-0.1, -0.05) is 12.1 Å². The lowest BCUT2D eigenvalue weighted by molar-refractivity contribution is -0.274. The van der Waals surface area contributed by atoms with E-state index in [-0.39, 0.29) is 5.75 Å². The van der Waals surface area contributed by atoms with Gasteiger partial charge in [-0.05, 0) is 37.1 Å². The molecule has 1 fully saturated rings. The number of aromatic amines is 1. The second-order valence-corrected chi connectivity index (χ2v) is 5.90. The van der Waals surface area contributed by atoms with E-state index in [0.717, 1.165) is 13.0 Å². The number of aliphatic hydroxyl groups is 1. The van der Waals surface area contributed by atoms with Crippen LogP contribution in [0.15, 0.2) is 30.5 Å². The van der Waals surface area contributed by atoms with Gasteiger partial charge in [0.05, 0.1) is 6.20 Å². The quantitative estimate of drug-likeness (QED) is 0.891. The Morgan fingerprint density at radius 2 is 2.21 bits per heavy atom. The summed E-state index contributed by atoms with van der Waals surface area (Å²) in [6.45, 7) is 1.49. The number of halogens is 3. The average molecular weight is 342 g/mol. The molecule has 0 saturated carbocycles. The van der Waals surface area contributed by atoms with Crippen LogP contribution in [-0.4, -0.2) is 44.9 Å². The molecule has 1 saturated heterocycles. The number of aromatic nitrogens is 3. The van der Waals surface area contributed by atoms with Crippen LogP contribution in [0.25, 0.3) is 0 Å². The molecule has 6 nitrogen and oxygen atoms in total. The molecule has 1 aromatic heterocycles. The van der Waals surface area contributed by atoms with Gasteiger partial charge in [0, 0.05) is 13.1 Å². The Bertz CT molecular complexity index is 678. The maximum absolute atomic E-state index is 12.3. The minimum atomic E-state index is -4.71. The van der Waals surface area contributed by atoms with Crippen LogP contribution in [0.5, 0.6) is 5.75 Å². The van der Waals surface area contributed by atoms with E-state index in [1.54, 1.807) is 6.07 Å². The van der Waals surface area contributed by atoms with Gasteiger partial charge >= 0.3 is 6.36 Å². The van der Waals surface area contributed by atoms with E-state index in [1.165, 1.54) is 24.4 Å². The smallest absolute Gasteiger partial charge is 0.406 e. The molecule has 9 heteroatoms. The molecule has 1 atom stereocenters. The molecule has 0 amide bonds. The number of hydrogen-bond acceptors (Lipinski definition) is 5. The van der Waals surface area contributed by atoms with Crippen LogP contribution in [0.2, 0.25) is 0 Å². The number of piperidine rings is 1. The van der Waals surface area contributed by atoms with Gasteiger partial charge in [-0.15, -0.1) is 13.2 Å². The van der Waals surface area contributed by atoms with E-state index in [4.69, 9.17) is 0 Å². The van der Waals surface area contributed by atoms with Gasteiger partial charge in [0.1, 0.15) is 17.0 Å². The summed E-state index contributed by atoms with van der Waals surface area (Å²) in [5.41, 5.74) is 0.0493. The van der Waals surface area contributed by atoms with Gasteiger partial charge in [-0.3, -0.25) is 4.90 Å². The molecule has 3 rings (SSSR count). The van der Waals surface area contributed by atoms with Crippen molar-refractivity contribution in [1.29, 1.82) is 0 Å². The highest BCUT2D eigenvalue weighted by Crippen LogP contribution is 2.31. The van der Waals surface area contributed by atoms with Crippen molar-refractivity contribution in [2.45, 2.75) is 31.3 Å². The topological polar surface area (TPSA) is 74.3 Å². The van der Waals surface area contributed by atoms with Crippen LogP contribution < -0.4 is 4.74 Å². The predicted molar refractivity (Wildman–Crippen MR) is 77.9 cm³/mol. The van der Waals surface area contributed by atoms with Crippen LogP contribution in [0.4, 0.5) is 13.2 Å². The number of alkyl halides is 3. The molecule has 2 aromatic rings. The molecular formula is C15H17F3N4O2. The fourth-order valence-corrected chi connectivity index (χ4v) is 2.99. The van der Waals surface area contributed by atoms with Crippen LogP contribution in [0.1, 0.15) is 24.1 Å². The van der Waals surface area contributed by atoms with Crippen LogP contribution in [-0.2, 0) is 12.1 Å². The van der Waals surface area contributed by atoms with Gasteiger partial charge in [-0.2, -0.15) is 15.4 Å². The number of rotatable bonds is 4. The van der Waals surface area contributed by atoms with E-state index < -0.39 is 12.0 Å². The van der Waals surface area contributed by atoms with Crippen molar-refractivity contribution in [3.05, 3.63) is 41.7 Å². The second kappa shape index (κ2) is 6.40. The fourth-order valence-electron chi connectivity index (χ4n) is 2.99. The highest BCUT2D eigenvalue weighted by atomic mass is 19.4. The van der Waals surface area contributed by atoms with Crippen molar-refractivity contribution >= 4 is 0 Å². The standard InChI is InChI=1S/C15H17F3N4O2/c16-15(17,18)24-12-4-1-3-11(7-12)9-22-6-2-5-14(23,10-22)13-8-19-21-20-13/h1,3-4,7-8,23H,2,5-6,9-10H2,(H,19,20,21). The van der Waals surface area contributed by atoms with Gasteiger partial charge in [-0.25, -0.2) is 0 Å². The Kier molecular flexibility index (Phi) is 4.46. The summed E-state index contributed by atoms with van der Waals surface area (Å²) in [5, 5.41) is 20.9. The molecule has 0 aliphatic carbocycles. The zero-order chi connectivity index (χ0) is 17.2. The van der Waals surface area contributed by atoms with Gasteiger partial charge in [0.25, 0.3) is 0 Å². The predicted octanol–water partition coefficient (Wildman–Crippen LogP) is 2.19. The summed E-state index contributed by atoms with van der Waals surface area (Å²) in [5.74, 6) is -0.247. The molecule has 0 spiro atoms. The first kappa shape index (κ1) is 16.7. The molecule has 130 valence electrons. The molecule has 0 radical (unpaired) electrons. The van der Waals surface area contributed by atoms with Crippen molar-refractivity contribution in [1.82, 2.24) is 20.3 Å². The largest absolute Gasteiger partial charge is 0.573 e. The Hall–Kier alpha value is -2.13. The first-order valence-electron chi connectivity index (χ1n) is 7.50. The highest BCUT2D eigenvalue weighted by molar-refractivity contribution is 5.28. The summed E-state index contributed by atoms with van der Waals surface area (Å²) < 4.78 is 40.9. The molecular weight excluding hydrogens is 325 g/mol. The number of H-pyrrole nitrogens is 1. The van der Waals surface area contributed by atoms with Gasteiger partial charge in [0.15, 0.2) is 0 Å². The molecule has 1 unspecified atom stereocenters. The zero-order valence-corrected chi connectivity index (χ0v) is 12.8. The highest BCUT2D eigenvalue weighted by Gasteiger charge is 2.37. The summed E-state index contributed by atoms with van der Waals surface area (Å²) >= 11 is 0. The number of likely N-dealkylation sites (tertiary alicyclic amines) is 1. The summed E-state index contributed by atoms with van der Waals surface area (Å²) in [6, 6.07) is 5.87. The van der Waals surface area contributed by atoms with Crippen molar-refractivity contribution in [3.63, 3.8) is 0 Å². The van der Waals surface area contributed by atoms with E-state index in [0.29, 0.717) is 30.8 Å². The summed E-state index contributed by atoms with van der Waals surface area (Å²) in [7, 11) is 0. The SMILES string of the molecule is OC1(c2cn[nH]n2)CCCN(Cc2cccc(OC(F)(F)F)c2)C1. The van der Waals surface area contributed by atoms with E-state index >= 15 is 0 Å². The van der Waals surface area contributed by atoms with Crippen molar-refractivity contribution in [2.75, 3.05) is 13.1 Å². The summed E-state index contributed by atoms with van der Waals surface area (Å²) in [4.78, 5) is 1.98. The van der Waals surface area contributed by atoms with Crippen molar-refractivity contribution in [2.24, 2.45) is 0 Å². The number of nitrogens with zero attached hydrogens (tertiary/aromatic N) is 3. The lowest BCUT2D eigenvalue weighted by Gasteiger charge is -2.38. The number of β-amino-alcohol motifs (C(OH)–C–C–N with tert-alkyl or cyclic N) is 1. The first-order chi connectivity index (χ1) is 11.3. The Labute approximate surface area is 136 Å². The van der Waals surface area contributed by atoms with E-state index in [1.807, 2.05) is 4.90 Å². The molecule has 2 heterocycles. The van der Waals surface area contributed by atoms with Crippen LogP contribution >= 0.6 is 0 Å². The minimum absolute atomic E-state index is 0.247. The molecule has 1 aliphatic heterocycles. The number of benzene rings is 1. The lowest BCUT2D eigenvalue weighted by Crippen LogP contribution is -2.45. The van der Waals surface area contributed by atoms with Crippen LogP contribution in [0.3, 0.4) is 0 Å². The minimum Gasteiger partial charge on any atom is -0.406 e. The zero-order valence-electron chi connectivity index (χ0n) is 12.8. The number of nitrogens with one attached hydrogen (secondary N) is 1. The Morgan fingerprint density at radius 1 is 1.38 bits per heavy atom. The third kappa shape index (κ3) is 4.04. The van der Waals surface area contributed by atoms with Gasteiger partial charge in [0.2, 0.25) is 0 Å². The molecule has 1 aliphatic rings. The van der Waals surface area contributed by atoms with Crippen molar-refractivity contribution in [3.8, 4) is 5.75 Å². The molecule has 0 bridgehead atoms.